The van der Waals surface area contributed by atoms with Crippen molar-refractivity contribution in [3.05, 3.63) is 65.5 Å². The molecule has 0 amide bonds. The van der Waals surface area contributed by atoms with Gasteiger partial charge in [-0.1, -0.05) is 24.3 Å². The summed E-state index contributed by atoms with van der Waals surface area (Å²) in [6.45, 7) is 0. The molecule has 1 aliphatic carbocycles. The first-order valence-corrected chi connectivity index (χ1v) is 7.58. The fraction of sp³-hybridized carbons (Fsp3) is 0.263. The molecule has 118 valence electrons. The smallest absolute Gasteiger partial charge is 0.150 e. The molecular formula is C19H17FO3. The third-order valence-corrected chi connectivity index (χ3v) is 4.40. The Hall–Kier alpha value is -2.49. The maximum atomic E-state index is 12.9. The number of ketones is 2. The van der Waals surface area contributed by atoms with Crippen molar-refractivity contribution in [3.63, 3.8) is 0 Å². The average molecular weight is 312 g/mol. The van der Waals surface area contributed by atoms with Crippen LogP contribution in [0.1, 0.15) is 24.0 Å². The van der Waals surface area contributed by atoms with Gasteiger partial charge in [-0.2, -0.15) is 0 Å². The number of phenolic OH excluding ortho intramolecular Hbond substituents is 1. The molecule has 0 radical (unpaired) electrons. The van der Waals surface area contributed by atoms with Gasteiger partial charge in [0.15, 0.2) is 11.6 Å². The quantitative estimate of drug-likeness (QED) is 0.833. The largest absolute Gasteiger partial charge is 0.508 e. The molecule has 3 nitrogen and oxygen atoms in total. The zero-order chi connectivity index (χ0) is 16.4. The summed E-state index contributed by atoms with van der Waals surface area (Å²) in [5.74, 6) is -0.358. The highest BCUT2D eigenvalue weighted by Gasteiger charge is 2.54. The van der Waals surface area contributed by atoms with Crippen LogP contribution in [0.15, 0.2) is 48.5 Å². The molecule has 4 heteroatoms. The highest BCUT2D eigenvalue weighted by atomic mass is 19.1. The van der Waals surface area contributed by atoms with Crippen LogP contribution >= 0.6 is 0 Å². The number of hydrogen-bond acceptors (Lipinski definition) is 3. The zero-order valence-electron chi connectivity index (χ0n) is 12.6. The van der Waals surface area contributed by atoms with Crippen LogP contribution in [0.2, 0.25) is 0 Å². The average Bonchev–Trinajstić information content (AvgIpc) is 3.34. The monoisotopic (exact) mass is 312 g/mol. The predicted molar refractivity (Wildman–Crippen MR) is 83.6 cm³/mol. The highest BCUT2D eigenvalue weighted by Crippen LogP contribution is 2.48. The first-order valence-electron chi connectivity index (χ1n) is 7.58. The number of carbonyl (C=O) groups excluding carboxylic acids is 2. The Morgan fingerprint density at radius 2 is 1.30 bits per heavy atom. The minimum absolute atomic E-state index is 0.0738. The molecule has 0 unspecified atom stereocenters. The number of carbonyl (C=O) groups is 2. The van der Waals surface area contributed by atoms with Gasteiger partial charge in [-0.15, -0.1) is 0 Å². The van der Waals surface area contributed by atoms with Crippen molar-refractivity contribution >= 4 is 11.6 Å². The second kappa shape index (κ2) is 5.95. The van der Waals surface area contributed by atoms with Crippen LogP contribution in [0.25, 0.3) is 0 Å². The lowest BCUT2D eigenvalue weighted by atomic mass is 9.88. The maximum Gasteiger partial charge on any atom is 0.150 e. The molecule has 0 aromatic heterocycles. The molecule has 1 aliphatic rings. The summed E-state index contributed by atoms with van der Waals surface area (Å²) in [6, 6.07) is 12.2. The zero-order valence-corrected chi connectivity index (χ0v) is 12.6. The molecule has 1 fully saturated rings. The molecule has 0 spiro atoms. The molecule has 1 N–H and O–H groups in total. The van der Waals surface area contributed by atoms with Crippen LogP contribution in [-0.2, 0) is 22.4 Å². The lowest BCUT2D eigenvalue weighted by Gasteiger charge is -2.13. The van der Waals surface area contributed by atoms with E-state index in [0.717, 1.165) is 11.1 Å². The summed E-state index contributed by atoms with van der Waals surface area (Å²) in [5, 5.41) is 9.27. The van der Waals surface area contributed by atoms with Crippen molar-refractivity contribution in [1.29, 1.82) is 0 Å². The molecule has 2 aromatic rings. The van der Waals surface area contributed by atoms with E-state index in [4.69, 9.17) is 0 Å². The molecule has 1 saturated carbocycles. The topological polar surface area (TPSA) is 54.4 Å². The molecule has 0 atom stereocenters. The number of phenols is 1. The van der Waals surface area contributed by atoms with Gasteiger partial charge in [-0.25, -0.2) is 4.39 Å². The number of Topliss-reactive ketones (excluding diaryl/α,β-unsaturated/α-hetero) is 2. The van der Waals surface area contributed by atoms with Crippen molar-refractivity contribution < 1.29 is 19.1 Å². The molecular weight excluding hydrogens is 295 g/mol. The standard InChI is InChI=1S/C19H17FO3/c20-15-5-1-13(2-6-15)11-17(22)19(9-10-19)18(23)12-14-3-7-16(21)8-4-14/h1-8,21H,9-12H2. The van der Waals surface area contributed by atoms with E-state index in [1.54, 1.807) is 24.3 Å². The molecule has 3 rings (SSSR count). The summed E-state index contributed by atoms with van der Waals surface area (Å²) in [6.07, 6.45) is 1.52. The van der Waals surface area contributed by atoms with Gasteiger partial charge in [-0.3, -0.25) is 9.59 Å². The van der Waals surface area contributed by atoms with E-state index >= 15 is 0 Å². The SMILES string of the molecule is O=C(Cc1ccc(O)cc1)C1(C(=O)Cc2ccc(F)cc2)CC1. The fourth-order valence-corrected chi connectivity index (χ4v) is 2.76. The van der Waals surface area contributed by atoms with Gasteiger partial charge in [0.1, 0.15) is 11.6 Å². The normalized spacial score (nSPS) is 15.2. The lowest BCUT2D eigenvalue weighted by molar-refractivity contribution is -0.133. The number of aromatic hydroxyl groups is 1. The third-order valence-electron chi connectivity index (χ3n) is 4.40. The minimum atomic E-state index is -0.869. The van der Waals surface area contributed by atoms with Crippen molar-refractivity contribution in [3.8, 4) is 5.75 Å². The fourth-order valence-electron chi connectivity index (χ4n) is 2.76. The third kappa shape index (κ3) is 3.31. The van der Waals surface area contributed by atoms with E-state index in [-0.39, 0.29) is 36.0 Å². The van der Waals surface area contributed by atoms with Crippen molar-refractivity contribution in [1.82, 2.24) is 0 Å². The van der Waals surface area contributed by atoms with E-state index in [1.165, 1.54) is 24.3 Å². The second-order valence-electron chi connectivity index (χ2n) is 6.07. The minimum Gasteiger partial charge on any atom is -0.508 e. The molecule has 0 bridgehead atoms. The summed E-state index contributed by atoms with van der Waals surface area (Å²) < 4.78 is 12.9. The molecule has 0 aliphatic heterocycles. The first kappa shape index (κ1) is 15.4. The number of rotatable bonds is 6. The Morgan fingerprint density at radius 3 is 1.74 bits per heavy atom. The summed E-state index contributed by atoms with van der Waals surface area (Å²) in [4.78, 5) is 25.0. The second-order valence-corrected chi connectivity index (χ2v) is 6.07. The molecule has 0 heterocycles. The van der Waals surface area contributed by atoms with Gasteiger partial charge in [-0.05, 0) is 48.2 Å². The van der Waals surface area contributed by atoms with Gasteiger partial charge in [0.2, 0.25) is 0 Å². The van der Waals surface area contributed by atoms with Crippen molar-refractivity contribution in [2.45, 2.75) is 25.7 Å². The Labute approximate surface area is 133 Å². The Balaban J connectivity index is 1.68. The van der Waals surface area contributed by atoms with Crippen LogP contribution in [0, 0.1) is 11.2 Å². The van der Waals surface area contributed by atoms with E-state index in [0.29, 0.717) is 12.8 Å². The van der Waals surface area contributed by atoms with Crippen LogP contribution in [-0.4, -0.2) is 16.7 Å². The maximum absolute atomic E-state index is 12.9. The van der Waals surface area contributed by atoms with Gasteiger partial charge < -0.3 is 5.11 Å². The summed E-state index contributed by atoms with van der Waals surface area (Å²) >= 11 is 0. The van der Waals surface area contributed by atoms with Gasteiger partial charge in [0, 0.05) is 12.8 Å². The van der Waals surface area contributed by atoms with Crippen LogP contribution in [0.5, 0.6) is 5.75 Å². The lowest BCUT2D eigenvalue weighted by Crippen LogP contribution is -2.28. The van der Waals surface area contributed by atoms with Crippen molar-refractivity contribution in [2.75, 3.05) is 0 Å². The van der Waals surface area contributed by atoms with E-state index < -0.39 is 5.41 Å². The Kier molecular flexibility index (Phi) is 3.99. The van der Waals surface area contributed by atoms with E-state index in [2.05, 4.69) is 0 Å². The number of halogens is 1. The predicted octanol–water partition coefficient (Wildman–Crippen LogP) is 3.23. The summed E-state index contributed by atoms with van der Waals surface area (Å²) in [7, 11) is 0. The highest BCUT2D eigenvalue weighted by molar-refractivity contribution is 6.10. The van der Waals surface area contributed by atoms with E-state index in [1.807, 2.05) is 0 Å². The van der Waals surface area contributed by atoms with Gasteiger partial charge in [0.25, 0.3) is 0 Å². The van der Waals surface area contributed by atoms with Crippen molar-refractivity contribution in [2.24, 2.45) is 5.41 Å². The number of benzene rings is 2. The summed E-state index contributed by atoms with van der Waals surface area (Å²) in [5.41, 5.74) is 0.639. The first-order chi connectivity index (χ1) is 11.0. The molecule has 2 aromatic carbocycles. The van der Waals surface area contributed by atoms with Gasteiger partial charge >= 0.3 is 0 Å². The molecule has 23 heavy (non-hydrogen) atoms. The van der Waals surface area contributed by atoms with Crippen LogP contribution in [0.4, 0.5) is 4.39 Å². The van der Waals surface area contributed by atoms with Gasteiger partial charge in [0.05, 0.1) is 5.41 Å². The van der Waals surface area contributed by atoms with E-state index in [9.17, 15) is 19.1 Å². The van der Waals surface area contributed by atoms with Crippen LogP contribution < -0.4 is 0 Å². The molecule has 0 saturated heterocycles. The Morgan fingerprint density at radius 1 is 0.870 bits per heavy atom. The Bertz CT molecular complexity index is 667. The van der Waals surface area contributed by atoms with Crippen LogP contribution in [0.3, 0.4) is 0 Å². The number of hydrogen-bond donors (Lipinski definition) is 1.